The summed E-state index contributed by atoms with van der Waals surface area (Å²) in [6.07, 6.45) is 1.30. The third-order valence-corrected chi connectivity index (χ3v) is 4.27. The molecule has 0 bridgehead atoms. The van der Waals surface area contributed by atoms with Crippen LogP contribution in [0.3, 0.4) is 0 Å². The lowest BCUT2D eigenvalue weighted by Gasteiger charge is -2.33. The third-order valence-electron chi connectivity index (χ3n) is 3.92. The van der Waals surface area contributed by atoms with E-state index in [0.717, 1.165) is 17.5 Å². The van der Waals surface area contributed by atoms with Crippen LogP contribution >= 0.6 is 11.6 Å². The molecular formula is C17H16ClNO3. The fourth-order valence-corrected chi connectivity index (χ4v) is 3.10. The minimum atomic E-state index is -0.400. The highest BCUT2D eigenvalue weighted by Crippen LogP contribution is 2.40. The molecule has 22 heavy (non-hydrogen) atoms. The van der Waals surface area contributed by atoms with Crippen molar-refractivity contribution < 1.29 is 9.66 Å². The number of rotatable bonds is 3. The first-order valence-corrected chi connectivity index (χ1v) is 7.66. The maximum atomic E-state index is 10.7. The molecule has 1 saturated heterocycles. The zero-order valence-corrected chi connectivity index (χ0v) is 12.6. The molecule has 0 unspecified atom stereocenters. The summed E-state index contributed by atoms with van der Waals surface area (Å²) >= 11 is 6.40. The van der Waals surface area contributed by atoms with E-state index >= 15 is 0 Å². The number of benzene rings is 2. The van der Waals surface area contributed by atoms with E-state index in [4.69, 9.17) is 16.3 Å². The highest BCUT2D eigenvalue weighted by Gasteiger charge is 2.30. The van der Waals surface area contributed by atoms with Crippen LogP contribution < -0.4 is 0 Å². The Hall–Kier alpha value is -1.91. The Balaban J connectivity index is 1.80. The average Bonchev–Trinajstić information content (AvgIpc) is 2.55. The van der Waals surface area contributed by atoms with E-state index in [1.807, 2.05) is 30.3 Å². The van der Waals surface area contributed by atoms with Gasteiger partial charge >= 0.3 is 0 Å². The number of hydrogen-bond donors (Lipinski definition) is 0. The number of nitro groups is 1. The molecule has 2 aromatic rings. The van der Waals surface area contributed by atoms with Crippen LogP contribution in [-0.2, 0) is 4.74 Å². The van der Waals surface area contributed by atoms with Crippen molar-refractivity contribution in [1.29, 1.82) is 0 Å². The molecule has 114 valence electrons. The minimum Gasteiger partial charge on any atom is -0.365 e. The number of nitrogens with zero attached hydrogens (tertiary/aromatic N) is 1. The summed E-state index contributed by atoms with van der Waals surface area (Å²) in [5.74, 6) is 0. The molecule has 4 nitrogen and oxygen atoms in total. The summed E-state index contributed by atoms with van der Waals surface area (Å²) in [5.41, 5.74) is 2.12. The van der Waals surface area contributed by atoms with Crippen molar-refractivity contribution in [2.24, 2.45) is 0 Å². The van der Waals surface area contributed by atoms with Crippen LogP contribution in [0, 0.1) is 10.1 Å². The predicted molar refractivity (Wildman–Crippen MR) is 85.0 cm³/mol. The fourth-order valence-electron chi connectivity index (χ4n) is 2.78. The van der Waals surface area contributed by atoms with Crippen molar-refractivity contribution in [2.45, 2.75) is 30.4 Å². The van der Waals surface area contributed by atoms with Crippen molar-refractivity contribution in [2.75, 3.05) is 0 Å². The van der Waals surface area contributed by atoms with E-state index in [1.165, 1.54) is 12.1 Å². The van der Waals surface area contributed by atoms with Gasteiger partial charge in [0.2, 0.25) is 0 Å². The number of hydrogen-bond acceptors (Lipinski definition) is 3. The number of ether oxygens (including phenoxy) is 1. The van der Waals surface area contributed by atoms with E-state index in [9.17, 15) is 10.1 Å². The number of alkyl halides is 1. The zero-order chi connectivity index (χ0) is 15.5. The standard InChI is InChI=1S/C17H16ClNO3/c18-14-10-16(12-4-2-1-3-5-12)22-17(11-14)13-6-8-15(9-7-13)19(20)21/h1-9,14,16-17H,10-11H2/t14-,16-,17+/m1/s1. The van der Waals surface area contributed by atoms with Gasteiger partial charge < -0.3 is 4.74 Å². The quantitative estimate of drug-likeness (QED) is 0.464. The normalized spacial score (nSPS) is 24.9. The van der Waals surface area contributed by atoms with Gasteiger partial charge in [0.25, 0.3) is 5.69 Å². The molecule has 0 spiro atoms. The molecule has 2 aromatic carbocycles. The Labute approximate surface area is 133 Å². The van der Waals surface area contributed by atoms with Crippen molar-refractivity contribution in [3.05, 3.63) is 75.8 Å². The first kappa shape index (κ1) is 15.0. The SMILES string of the molecule is O=[N+]([O-])c1ccc([C@@H]2C[C@H](Cl)C[C@H](c3ccccc3)O2)cc1. The first-order valence-electron chi connectivity index (χ1n) is 7.22. The molecule has 0 saturated carbocycles. The average molecular weight is 318 g/mol. The van der Waals surface area contributed by atoms with Gasteiger partial charge in [-0.3, -0.25) is 10.1 Å². The van der Waals surface area contributed by atoms with Crippen LogP contribution in [0.4, 0.5) is 5.69 Å². The topological polar surface area (TPSA) is 52.4 Å². The maximum Gasteiger partial charge on any atom is 0.269 e. The van der Waals surface area contributed by atoms with Crippen LogP contribution in [0.15, 0.2) is 54.6 Å². The molecule has 3 atom stereocenters. The van der Waals surface area contributed by atoms with Crippen LogP contribution in [0.2, 0.25) is 0 Å². The lowest BCUT2D eigenvalue weighted by atomic mass is 9.94. The largest absolute Gasteiger partial charge is 0.365 e. The van der Waals surface area contributed by atoms with Crippen LogP contribution in [0.25, 0.3) is 0 Å². The second-order valence-corrected chi connectivity index (χ2v) is 6.06. The summed E-state index contributed by atoms with van der Waals surface area (Å²) < 4.78 is 6.17. The van der Waals surface area contributed by atoms with Crippen LogP contribution in [0.5, 0.6) is 0 Å². The Morgan fingerprint density at radius 1 is 0.955 bits per heavy atom. The van der Waals surface area contributed by atoms with Gasteiger partial charge in [0.05, 0.1) is 17.1 Å². The van der Waals surface area contributed by atoms with Gasteiger partial charge in [-0.25, -0.2) is 0 Å². The molecule has 0 aliphatic carbocycles. The molecule has 0 radical (unpaired) electrons. The highest BCUT2D eigenvalue weighted by molar-refractivity contribution is 6.20. The van der Waals surface area contributed by atoms with E-state index in [1.54, 1.807) is 12.1 Å². The number of halogens is 1. The molecule has 1 aliphatic heterocycles. The molecular weight excluding hydrogens is 302 g/mol. The Morgan fingerprint density at radius 2 is 1.50 bits per heavy atom. The van der Waals surface area contributed by atoms with Gasteiger partial charge in [-0.2, -0.15) is 0 Å². The smallest absolute Gasteiger partial charge is 0.269 e. The van der Waals surface area contributed by atoms with Gasteiger partial charge in [-0.15, -0.1) is 11.6 Å². The number of non-ortho nitro benzene ring substituents is 1. The molecule has 1 fully saturated rings. The predicted octanol–water partition coefficient (Wildman–Crippen LogP) is 4.80. The molecule has 0 N–H and O–H groups in total. The molecule has 3 rings (SSSR count). The Kier molecular flexibility index (Phi) is 4.41. The van der Waals surface area contributed by atoms with E-state index in [0.29, 0.717) is 6.42 Å². The van der Waals surface area contributed by atoms with Gasteiger partial charge in [0, 0.05) is 17.5 Å². The van der Waals surface area contributed by atoms with Crippen LogP contribution in [0.1, 0.15) is 36.2 Å². The van der Waals surface area contributed by atoms with Crippen molar-refractivity contribution in [1.82, 2.24) is 0 Å². The lowest BCUT2D eigenvalue weighted by Crippen LogP contribution is -2.23. The van der Waals surface area contributed by atoms with Crippen molar-refractivity contribution in [3.8, 4) is 0 Å². The summed E-state index contributed by atoms with van der Waals surface area (Å²) in [6.45, 7) is 0. The zero-order valence-electron chi connectivity index (χ0n) is 11.9. The van der Waals surface area contributed by atoms with Gasteiger partial charge in [-0.1, -0.05) is 30.3 Å². The molecule has 0 amide bonds. The Bertz CT molecular complexity index is 645. The van der Waals surface area contributed by atoms with Gasteiger partial charge in [0.1, 0.15) is 0 Å². The third kappa shape index (κ3) is 3.29. The van der Waals surface area contributed by atoms with E-state index in [2.05, 4.69) is 0 Å². The van der Waals surface area contributed by atoms with Crippen LogP contribution in [-0.4, -0.2) is 10.3 Å². The van der Waals surface area contributed by atoms with E-state index in [-0.39, 0.29) is 23.3 Å². The second-order valence-electron chi connectivity index (χ2n) is 5.44. The monoisotopic (exact) mass is 317 g/mol. The Morgan fingerprint density at radius 3 is 2.05 bits per heavy atom. The molecule has 5 heteroatoms. The summed E-state index contributed by atoms with van der Waals surface area (Å²) in [6, 6.07) is 16.5. The van der Waals surface area contributed by atoms with Gasteiger partial charge in [-0.05, 0) is 36.1 Å². The lowest BCUT2D eigenvalue weighted by molar-refractivity contribution is -0.384. The summed E-state index contributed by atoms with van der Waals surface area (Å²) in [7, 11) is 0. The summed E-state index contributed by atoms with van der Waals surface area (Å²) in [4.78, 5) is 10.3. The highest BCUT2D eigenvalue weighted by atomic mass is 35.5. The maximum absolute atomic E-state index is 10.7. The second kappa shape index (κ2) is 6.46. The van der Waals surface area contributed by atoms with E-state index < -0.39 is 4.92 Å². The summed E-state index contributed by atoms with van der Waals surface area (Å²) in [5, 5.41) is 10.8. The molecule has 0 aromatic heterocycles. The number of nitro benzene ring substituents is 1. The minimum absolute atomic E-state index is 0.0270. The van der Waals surface area contributed by atoms with Crippen molar-refractivity contribution in [3.63, 3.8) is 0 Å². The van der Waals surface area contributed by atoms with Crippen molar-refractivity contribution >= 4 is 17.3 Å². The molecule has 1 heterocycles. The fraction of sp³-hybridized carbons (Fsp3) is 0.294. The first-order chi connectivity index (χ1) is 10.6. The molecule has 1 aliphatic rings. The van der Waals surface area contributed by atoms with Gasteiger partial charge in [0.15, 0.2) is 0 Å².